The van der Waals surface area contributed by atoms with Gasteiger partial charge in [0.05, 0.1) is 18.1 Å². The minimum atomic E-state index is -4.30. The maximum Gasteiger partial charge on any atom is 0.387 e. The Hall–Kier alpha value is -3.76. The molecule has 1 saturated carbocycles. The topological polar surface area (TPSA) is 153 Å². The average molecular weight is 776 g/mol. The van der Waals surface area contributed by atoms with Gasteiger partial charge in [0.15, 0.2) is 23.9 Å². The number of aromatic nitrogens is 1. The van der Waals surface area contributed by atoms with Crippen molar-refractivity contribution in [1.29, 1.82) is 0 Å². The number of pyridine rings is 1. The molecule has 3 aromatic rings. The standard InChI is InChI=1S/C34H38Cl2F2N2O10S/c1-3-47-29-11-9-25(14-23(29)13-24(41)5-4-12-46-2)51(44,45)39-17-33(42)49-31(16-26-27(35)18-40(43)19-28(26)36)22-8-10-30(50-34(37)38)32(15-22)48-20-21-6-7-21/h8-11,14-15,18-19,21,31,34,39H,3-7,12-13,16-17,20H2,1-2H3/t31-/m0/s1. The first kappa shape index (κ1) is 40.0. The summed E-state index contributed by atoms with van der Waals surface area (Å²) in [6.45, 7) is -1.25. The SMILES string of the molecule is CCOc1ccc(S(=O)(=O)NCC(=O)O[C@@H](Cc2c(Cl)c[n+]([O-])cc2Cl)c2ccc(OC(F)F)c(OCC3CC3)c2)cc1CC(=O)CCCOC. The zero-order valence-corrected chi connectivity index (χ0v) is 30.2. The van der Waals surface area contributed by atoms with Gasteiger partial charge >= 0.3 is 12.6 Å². The van der Waals surface area contributed by atoms with Gasteiger partial charge in [-0.2, -0.15) is 18.2 Å². The molecular formula is C34H38Cl2F2N2O10S. The van der Waals surface area contributed by atoms with Crippen molar-refractivity contribution in [2.45, 2.75) is 63.1 Å². The van der Waals surface area contributed by atoms with Crippen molar-refractivity contribution in [3.8, 4) is 17.2 Å². The fourth-order valence-corrected chi connectivity index (χ4v) is 6.59. The van der Waals surface area contributed by atoms with Gasteiger partial charge in [-0.3, -0.25) is 9.59 Å². The number of hydrogen-bond acceptors (Lipinski definition) is 10. The monoisotopic (exact) mass is 774 g/mol. The van der Waals surface area contributed by atoms with Gasteiger partial charge in [0.25, 0.3) is 0 Å². The van der Waals surface area contributed by atoms with Gasteiger partial charge in [0, 0.05) is 44.1 Å². The van der Waals surface area contributed by atoms with E-state index < -0.39 is 35.3 Å². The first-order valence-electron chi connectivity index (χ1n) is 16.0. The van der Waals surface area contributed by atoms with Gasteiger partial charge in [-0.1, -0.05) is 29.3 Å². The van der Waals surface area contributed by atoms with E-state index in [1.807, 2.05) is 0 Å². The van der Waals surface area contributed by atoms with Crippen LogP contribution in [0.4, 0.5) is 8.78 Å². The number of sulfonamides is 1. The molecule has 0 radical (unpaired) electrons. The van der Waals surface area contributed by atoms with Crippen molar-refractivity contribution in [1.82, 2.24) is 4.72 Å². The van der Waals surface area contributed by atoms with Crippen LogP contribution in [0.15, 0.2) is 53.7 Å². The Kier molecular flexibility index (Phi) is 14.6. The Balaban J connectivity index is 1.56. The number of ether oxygens (including phenoxy) is 5. The molecule has 0 unspecified atom stereocenters. The van der Waals surface area contributed by atoms with Crippen LogP contribution in [0.1, 0.15) is 55.4 Å². The maximum absolute atomic E-state index is 13.3. The number of halogens is 4. The van der Waals surface area contributed by atoms with Crippen molar-refractivity contribution in [3.63, 3.8) is 0 Å². The Morgan fingerprint density at radius 2 is 1.75 bits per heavy atom. The molecule has 12 nitrogen and oxygen atoms in total. The van der Waals surface area contributed by atoms with E-state index in [1.165, 1.54) is 43.5 Å². The molecular weight excluding hydrogens is 737 g/mol. The highest BCUT2D eigenvalue weighted by molar-refractivity contribution is 7.89. The molecule has 0 bridgehead atoms. The maximum atomic E-state index is 13.3. The van der Waals surface area contributed by atoms with E-state index in [4.69, 9.17) is 42.1 Å². The molecule has 1 N–H and O–H groups in total. The van der Waals surface area contributed by atoms with Crippen molar-refractivity contribution >= 4 is 45.0 Å². The number of carbonyl (C=O) groups excluding carboxylic acids is 2. The summed E-state index contributed by atoms with van der Waals surface area (Å²) in [5.41, 5.74) is 0.853. The second kappa shape index (κ2) is 18.6. The highest BCUT2D eigenvalue weighted by Gasteiger charge is 2.27. The Morgan fingerprint density at radius 1 is 1.04 bits per heavy atom. The molecule has 1 aliphatic carbocycles. The van der Waals surface area contributed by atoms with E-state index in [1.54, 1.807) is 6.92 Å². The number of ketones is 1. The summed E-state index contributed by atoms with van der Waals surface area (Å²) in [5, 5.41) is 11.8. The fraction of sp³-hybridized carbons (Fsp3) is 0.441. The van der Waals surface area contributed by atoms with E-state index in [9.17, 15) is 32.0 Å². The molecule has 1 fully saturated rings. The minimum absolute atomic E-state index is 0.0208. The highest BCUT2D eigenvalue weighted by atomic mass is 35.5. The molecule has 1 aromatic heterocycles. The summed E-state index contributed by atoms with van der Waals surface area (Å²) in [5.74, 6) is -0.787. The van der Waals surface area contributed by atoms with E-state index in [-0.39, 0.29) is 81.7 Å². The Labute approximate surface area is 304 Å². The van der Waals surface area contributed by atoms with Gasteiger partial charge in [-0.25, -0.2) is 8.42 Å². The number of hydrogen-bond donors (Lipinski definition) is 1. The molecule has 0 spiro atoms. The summed E-state index contributed by atoms with van der Waals surface area (Å²) in [6.07, 6.45) is 3.23. The fourth-order valence-electron chi connectivity index (χ4n) is 4.97. The van der Waals surface area contributed by atoms with Crippen molar-refractivity contribution in [2.75, 3.05) is 33.5 Å². The number of alkyl halides is 2. The zero-order valence-electron chi connectivity index (χ0n) is 27.9. The van der Waals surface area contributed by atoms with Crippen LogP contribution in [0.3, 0.4) is 0 Å². The molecule has 278 valence electrons. The summed E-state index contributed by atoms with van der Waals surface area (Å²) in [4.78, 5) is 25.6. The Morgan fingerprint density at radius 3 is 2.39 bits per heavy atom. The minimum Gasteiger partial charge on any atom is -0.619 e. The normalized spacial score (nSPS) is 13.5. The number of rotatable bonds is 21. The largest absolute Gasteiger partial charge is 0.619 e. The van der Waals surface area contributed by atoms with Crippen LogP contribution in [0.2, 0.25) is 10.0 Å². The summed E-state index contributed by atoms with van der Waals surface area (Å²) in [6, 6.07) is 8.02. The number of benzene rings is 2. The van der Waals surface area contributed by atoms with Gasteiger partial charge in [0.2, 0.25) is 10.0 Å². The Bertz CT molecular complexity index is 1770. The van der Waals surface area contributed by atoms with Crippen molar-refractivity contribution < 1.29 is 55.2 Å². The summed E-state index contributed by atoms with van der Waals surface area (Å²) < 4.78 is 82.2. The molecule has 2 aromatic carbocycles. The molecule has 17 heteroatoms. The smallest absolute Gasteiger partial charge is 0.387 e. The molecule has 51 heavy (non-hydrogen) atoms. The van der Waals surface area contributed by atoms with Gasteiger partial charge < -0.3 is 28.9 Å². The lowest BCUT2D eigenvalue weighted by atomic mass is 10.0. The lowest BCUT2D eigenvalue weighted by Crippen LogP contribution is -2.32. The average Bonchev–Trinajstić information content (AvgIpc) is 3.90. The number of nitrogens with zero attached hydrogens (tertiary/aromatic N) is 1. The first-order chi connectivity index (χ1) is 24.3. The molecule has 0 aliphatic heterocycles. The second-order valence-corrected chi connectivity index (χ2v) is 14.2. The van der Waals surface area contributed by atoms with Crippen LogP contribution >= 0.6 is 23.2 Å². The molecule has 1 aliphatic rings. The van der Waals surface area contributed by atoms with Crippen molar-refractivity contribution in [3.05, 3.63) is 80.7 Å². The van der Waals surface area contributed by atoms with Gasteiger partial charge in [-0.15, -0.1) is 0 Å². The summed E-state index contributed by atoms with van der Waals surface area (Å²) >= 11 is 12.6. The second-order valence-electron chi connectivity index (χ2n) is 11.7. The predicted molar refractivity (Wildman–Crippen MR) is 182 cm³/mol. The van der Waals surface area contributed by atoms with Crippen LogP contribution < -0.4 is 23.7 Å². The zero-order chi connectivity index (χ0) is 37.1. The van der Waals surface area contributed by atoms with Crippen LogP contribution in [-0.2, 0) is 41.9 Å². The van der Waals surface area contributed by atoms with E-state index in [2.05, 4.69) is 9.46 Å². The molecule has 1 heterocycles. The first-order valence-corrected chi connectivity index (χ1v) is 18.3. The van der Waals surface area contributed by atoms with Gasteiger partial charge in [0.1, 0.15) is 34.2 Å². The lowest BCUT2D eigenvalue weighted by molar-refractivity contribution is -0.605. The van der Waals surface area contributed by atoms with Crippen LogP contribution in [0.5, 0.6) is 17.2 Å². The highest BCUT2D eigenvalue weighted by Crippen LogP contribution is 2.38. The lowest BCUT2D eigenvalue weighted by Gasteiger charge is -2.21. The van der Waals surface area contributed by atoms with Crippen LogP contribution in [-0.4, -0.2) is 60.3 Å². The number of carbonyl (C=O) groups is 2. The molecule has 0 saturated heterocycles. The molecule has 0 amide bonds. The third-order valence-electron chi connectivity index (χ3n) is 7.69. The van der Waals surface area contributed by atoms with E-state index in [0.717, 1.165) is 25.2 Å². The van der Waals surface area contributed by atoms with Crippen LogP contribution in [0.25, 0.3) is 0 Å². The number of nitrogens with one attached hydrogen (secondary N) is 1. The number of Topliss-reactive ketones (excluding diaryl/α,β-unsaturated/α-hetero) is 1. The number of methoxy groups -OCH3 is 1. The third-order valence-corrected chi connectivity index (χ3v) is 9.74. The molecule has 4 rings (SSSR count). The quantitative estimate of drug-likeness (QED) is 0.0612. The van der Waals surface area contributed by atoms with E-state index >= 15 is 0 Å². The number of esters is 1. The van der Waals surface area contributed by atoms with Crippen LogP contribution in [0, 0.1) is 11.1 Å². The predicted octanol–water partition coefficient (Wildman–Crippen LogP) is 5.76. The third kappa shape index (κ3) is 12.2. The van der Waals surface area contributed by atoms with Crippen molar-refractivity contribution in [2.24, 2.45) is 5.92 Å². The summed E-state index contributed by atoms with van der Waals surface area (Å²) in [7, 11) is -2.77. The van der Waals surface area contributed by atoms with Gasteiger partial charge in [-0.05, 0) is 68.0 Å². The molecule has 1 atom stereocenters. The van der Waals surface area contributed by atoms with E-state index in [0.29, 0.717) is 29.1 Å².